The average molecular weight is 164 g/mol. The van der Waals surface area contributed by atoms with Gasteiger partial charge in [0.1, 0.15) is 11.3 Å². The van der Waals surface area contributed by atoms with Gasteiger partial charge in [0.25, 0.3) is 0 Å². The molecule has 2 N–H and O–H groups in total. The van der Waals surface area contributed by atoms with Crippen molar-refractivity contribution in [3.8, 4) is 11.5 Å². The van der Waals surface area contributed by atoms with E-state index in [1.165, 1.54) is 12.1 Å². The van der Waals surface area contributed by atoms with E-state index >= 15 is 0 Å². The van der Waals surface area contributed by atoms with Gasteiger partial charge in [0.15, 0.2) is 11.5 Å². The van der Waals surface area contributed by atoms with Gasteiger partial charge in [0.2, 0.25) is 0 Å². The third-order valence-electron chi connectivity index (χ3n) is 1.74. The maximum Gasteiger partial charge on any atom is 0.161 e. The Bertz CT molecular complexity index is 390. The average Bonchev–Trinajstić information content (AvgIpc) is 2.30. The number of hydrogen-bond donors (Lipinski definition) is 2. The summed E-state index contributed by atoms with van der Waals surface area (Å²) in [5, 5.41) is 19.0. The molecule has 62 valence electrons. The second-order valence-electron chi connectivity index (χ2n) is 2.74. The van der Waals surface area contributed by atoms with E-state index < -0.39 is 0 Å². The molecule has 1 aromatic carbocycles. The molecule has 0 amide bonds. The van der Waals surface area contributed by atoms with E-state index in [-0.39, 0.29) is 11.5 Å². The van der Waals surface area contributed by atoms with Crippen LogP contribution in [0.1, 0.15) is 5.76 Å². The van der Waals surface area contributed by atoms with Gasteiger partial charge >= 0.3 is 0 Å². The highest BCUT2D eigenvalue weighted by Crippen LogP contribution is 2.31. The first-order valence-corrected chi connectivity index (χ1v) is 3.59. The van der Waals surface area contributed by atoms with Gasteiger partial charge < -0.3 is 14.6 Å². The second-order valence-corrected chi connectivity index (χ2v) is 2.74. The van der Waals surface area contributed by atoms with Gasteiger partial charge in [-0.2, -0.15) is 0 Å². The molecule has 0 bridgehead atoms. The van der Waals surface area contributed by atoms with Crippen LogP contribution in [0.25, 0.3) is 11.0 Å². The lowest BCUT2D eigenvalue weighted by molar-refractivity contribution is 0.404. The Morgan fingerprint density at radius 3 is 2.50 bits per heavy atom. The summed E-state index contributed by atoms with van der Waals surface area (Å²) < 4.78 is 5.23. The summed E-state index contributed by atoms with van der Waals surface area (Å²) in [6.45, 7) is 1.81. The molecule has 0 aliphatic rings. The minimum Gasteiger partial charge on any atom is -0.504 e. The van der Waals surface area contributed by atoms with Crippen molar-refractivity contribution in [2.45, 2.75) is 6.92 Å². The SMILES string of the molecule is Cc1cc2cc(O)c(O)cc2o1. The zero-order valence-electron chi connectivity index (χ0n) is 6.53. The van der Waals surface area contributed by atoms with Crippen LogP contribution >= 0.6 is 0 Å². The van der Waals surface area contributed by atoms with E-state index in [1.54, 1.807) is 6.07 Å². The van der Waals surface area contributed by atoms with Crippen LogP contribution in [0.3, 0.4) is 0 Å². The lowest BCUT2D eigenvalue weighted by Crippen LogP contribution is -1.67. The summed E-state index contributed by atoms with van der Waals surface area (Å²) in [6.07, 6.45) is 0. The molecule has 0 aliphatic carbocycles. The van der Waals surface area contributed by atoms with Crippen molar-refractivity contribution in [3.63, 3.8) is 0 Å². The zero-order valence-corrected chi connectivity index (χ0v) is 6.53. The normalized spacial score (nSPS) is 10.8. The standard InChI is InChI=1S/C9H8O3/c1-5-2-6-3-7(10)8(11)4-9(6)12-5/h2-4,10-11H,1H3. The maximum atomic E-state index is 9.13. The molecule has 0 unspecified atom stereocenters. The third-order valence-corrected chi connectivity index (χ3v) is 1.74. The van der Waals surface area contributed by atoms with Crippen LogP contribution in [0.15, 0.2) is 22.6 Å². The summed E-state index contributed by atoms with van der Waals surface area (Å²) in [4.78, 5) is 0. The number of phenols is 2. The van der Waals surface area contributed by atoms with E-state index in [0.717, 1.165) is 11.1 Å². The van der Waals surface area contributed by atoms with Crippen LogP contribution in [0, 0.1) is 6.92 Å². The van der Waals surface area contributed by atoms with Crippen molar-refractivity contribution in [2.75, 3.05) is 0 Å². The van der Waals surface area contributed by atoms with Crippen LogP contribution in [0.5, 0.6) is 11.5 Å². The molecule has 0 aliphatic heterocycles. The molecule has 12 heavy (non-hydrogen) atoms. The van der Waals surface area contributed by atoms with Gasteiger partial charge in [-0.15, -0.1) is 0 Å². The highest BCUT2D eigenvalue weighted by Gasteiger charge is 2.05. The Hall–Kier alpha value is -1.64. The van der Waals surface area contributed by atoms with Gasteiger partial charge in [-0.25, -0.2) is 0 Å². The van der Waals surface area contributed by atoms with Gasteiger partial charge in [-0.1, -0.05) is 0 Å². The van der Waals surface area contributed by atoms with Crippen molar-refractivity contribution < 1.29 is 14.6 Å². The number of rotatable bonds is 0. The van der Waals surface area contributed by atoms with E-state index in [2.05, 4.69) is 0 Å². The maximum absolute atomic E-state index is 9.13. The van der Waals surface area contributed by atoms with Gasteiger partial charge in [-0.3, -0.25) is 0 Å². The minimum absolute atomic E-state index is 0.122. The van der Waals surface area contributed by atoms with E-state index in [1.807, 2.05) is 6.92 Å². The Balaban J connectivity index is 2.83. The van der Waals surface area contributed by atoms with E-state index in [0.29, 0.717) is 5.58 Å². The Labute approximate surface area is 68.9 Å². The topological polar surface area (TPSA) is 53.6 Å². The van der Waals surface area contributed by atoms with Gasteiger partial charge in [0.05, 0.1) is 0 Å². The van der Waals surface area contributed by atoms with Crippen LogP contribution < -0.4 is 0 Å². The predicted octanol–water partition coefficient (Wildman–Crippen LogP) is 2.15. The summed E-state index contributed by atoms with van der Waals surface area (Å²) in [5.41, 5.74) is 0.586. The van der Waals surface area contributed by atoms with Crippen LogP contribution in [0.2, 0.25) is 0 Å². The van der Waals surface area contributed by atoms with Crippen molar-refractivity contribution >= 4 is 11.0 Å². The first kappa shape index (κ1) is 7.03. The fourth-order valence-electron chi connectivity index (χ4n) is 1.20. The van der Waals surface area contributed by atoms with E-state index in [9.17, 15) is 0 Å². The first-order valence-electron chi connectivity index (χ1n) is 3.59. The number of hydrogen-bond acceptors (Lipinski definition) is 3. The number of phenolic OH excluding ortho intramolecular Hbond substituents is 2. The quantitative estimate of drug-likeness (QED) is 0.586. The van der Waals surface area contributed by atoms with Crippen molar-refractivity contribution in [1.82, 2.24) is 0 Å². The Morgan fingerprint density at radius 2 is 1.75 bits per heavy atom. The molecule has 2 aromatic rings. The molecule has 0 spiro atoms. The highest BCUT2D eigenvalue weighted by atomic mass is 16.3. The second kappa shape index (κ2) is 2.17. The molecule has 0 atom stereocenters. The number of aromatic hydroxyl groups is 2. The molecule has 1 aromatic heterocycles. The first-order chi connectivity index (χ1) is 5.66. The molecule has 0 saturated heterocycles. The zero-order chi connectivity index (χ0) is 8.72. The molecule has 0 radical (unpaired) electrons. The lowest BCUT2D eigenvalue weighted by atomic mass is 10.2. The van der Waals surface area contributed by atoms with Crippen molar-refractivity contribution in [2.24, 2.45) is 0 Å². The Kier molecular flexibility index (Phi) is 1.27. The molecular weight excluding hydrogens is 156 g/mol. The minimum atomic E-state index is -0.156. The molecule has 0 saturated carbocycles. The van der Waals surface area contributed by atoms with Crippen molar-refractivity contribution in [1.29, 1.82) is 0 Å². The monoisotopic (exact) mass is 164 g/mol. The fraction of sp³-hybridized carbons (Fsp3) is 0.111. The molecule has 1 heterocycles. The Morgan fingerprint density at radius 1 is 1.08 bits per heavy atom. The molecular formula is C9H8O3. The molecule has 3 heteroatoms. The number of benzene rings is 1. The van der Waals surface area contributed by atoms with Gasteiger partial charge in [-0.05, 0) is 19.1 Å². The third kappa shape index (κ3) is 0.906. The number of fused-ring (bicyclic) bond motifs is 1. The van der Waals surface area contributed by atoms with Crippen LogP contribution in [-0.4, -0.2) is 10.2 Å². The van der Waals surface area contributed by atoms with Crippen LogP contribution in [0.4, 0.5) is 0 Å². The lowest BCUT2D eigenvalue weighted by Gasteiger charge is -1.94. The number of furan rings is 1. The molecule has 2 rings (SSSR count). The predicted molar refractivity (Wildman–Crippen MR) is 44.3 cm³/mol. The van der Waals surface area contributed by atoms with Crippen LogP contribution in [-0.2, 0) is 0 Å². The summed E-state index contributed by atoms with van der Waals surface area (Å²) >= 11 is 0. The van der Waals surface area contributed by atoms with Crippen molar-refractivity contribution in [3.05, 3.63) is 24.0 Å². The molecule has 3 nitrogen and oxygen atoms in total. The summed E-state index contributed by atoms with van der Waals surface area (Å²) in [7, 11) is 0. The molecule has 0 fully saturated rings. The summed E-state index contributed by atoms with van der Waals surface area (Å²) in [5.74, 6) is 0.482. The fourth-order valence-corrected chi connectivity index (χ4v) is 1.20. The highest BCUT2D eigenvalue weighted by molar-refractivity contribution is 5.81. The smallest absolute Gasteiger partial charge is 0.161 e. The number of aryl methyl sites for hydroxylation is 1. The summed E-state index contributed by atoms with van der Waals surface area (Å²) in [6, 6.07) is 4.67. The van der Waals surface area contributed by atoms with Gasteiger partial charge in [0, 0.05) is 11.5 Å². The largest absolute Gasteiger partial charge is 0.504 e. The van der Waals surface area contributed by atoms with E-state index in [4.69, 9.17) is 14.6 Å².